The van der Waals surface area contributed by atoms with Gasteiger partial charge in [0.2, 0.25) is 0 Å². The fourth-order valence-electron chi connectivity index (χ4n) is 3.60. The molecule has 0 saturated heterocycles. The number of nitrogens with one attached hydrogen (secondary N) is 1. The molecule has 2 N–H and O–H groups in total. The fraction of sp³-hybridized carbons (Fsp3) is 0.192. The van der Waals surface area contributed by atoms with Gasteiger partial charge in [0.1, 0.15) is 17.2 Å². The molecule has 4 aromatic rings. The minimum atomic E-state index is -0.366. The van der Waals surface area contributed by atoms with Crippen molar-refractivity contribution in [3.05, 3.63) is 82.8 Å². The van der Waals surface area contributed by atoms with Gasteiger partial charge in [0.25, 0.3) is 5.56 Å². The normalized spacial score (nSPS) is 11.2. The molecule has 1 heterocycles. The molecule has 0 spiro atoms. The SMILES string of the molecule is CCOc1ccccc1N=Nc1c(C)[nH]n(-c2cc(O)cc(-c3ccc(N(C)C)cc3)c2)c1=O. The second-order valence-electron chi connectivity index (χ2n) is 8.01. The van der Waals surface area contributed by atoms with Gasteiger partial charge in [-0.2, -0.15) is 0 Å². The topological polar surface area (TPSA) is 95.2 Å². The molecule has 0 bridgehead atoms. The van der Waals surface area contributed by atoms with Gasteiger partial charge < -0.3 is 14.7 Å². The Balaban J connectivity index is 1.70. The second kappa shape index (κ2) is 9.66. The number of para-hydroxylation sites is 1. The summed E-state index contributed by atoms with van der Waals surface area (Å²) < 4.78 is 6.93. The Morgan fingerprint density at radius 3 is 2.44 bits per heavy atom. The van der Waals surface area contributed by atoms with Crippen molar-refractivity contribution in [2.45, 2.75) is 13.8 Å². The smallest absolute Gasteiger partial charge is 0.299 e. The minimum absolute atomic E-state index is 0.0529. The highest BCUT2D eigenvalue weighted by atomic mass is 16.5. The molecule has 0 aliphatic rings. The van der Waals surface area contributed by atoms with Gasteiger partial charge in [-0.3, -0.25) is 9.89 Å². The van der Waals surface area contributed by atoms with E-state index >= 15 is 0 Å². The van der Waals surface area contributed by atoms with Gasteiger partial charge in [-0.1, -0.05) is 24.3 Å². The number of ether oxygens (including phenoxy) is 1. The number of aryl methyl sites for hydroxylation is 1. The molecule has 34 heavy (non-hydrogen) atoms. The van der Waals surface area contributed by atoms with Crippen LogP contribution in [0.15, 0.2) is 81.8 Å². The first kappa shape index (κ1) is 22.8. The Bertz CT molecular complexity index is 1380. The van der Waals surface area contributed by atoms with E-state index in [0.717, 1.165) is 16.8 Å². The van der Waals surface area contributed by atoms with Crippen molar-refractivity contribution in [3.63, 3.8) is 0 Å². The van der Waals surface area contributed by atoms with Gasteiger partial charge in [0, 0.05) is 25.8 Å². The van der Waals surface area contributed by atoms with Gasteiger partial charge in [0.15, 0.2) is 5.69 Å². The van der Waals surface area contributed by atoms with Crippen molar-refractivity contribution in [1.29, 1.82) is 0 Å². The number of phenolic OH excluding ortho intramolecular Hbond substituents is 1. The van der Waals surface area contributed by atoms with E-state index in [1.54, 1.807) is 25.1 Å². The van der Waals surface area contributed by atoms with Crippen LogP contribution in [0.2, 0.25) is 0 Å². The zero-order valence-corrected chi connectivity index (χ0v) is 19.6. The van der Waals surface area contributed by atoms with E-state index in [1.807, 2.05) is 68.4 Å². The number of nitrogens with zero attached hydrogens (tertiary/aromatic N) is 4. The maximum absolute atomic E-state index is 13.2. The first-order chi connectivity index (χ1) is 16.4. The summed E-state index contributed by atoms with van der Waals surface area (Å²) in [6.45, 7) is 4.15. The van der Waals surface area contributed by atoms with Crippen LogP contribution in [-0.2, 0) is 0 Å². The number of hydrogen-bond donors (Lipinski definition) is 2. The number of benzene rings is 3. The maximum atomic E-state index is 13.2. The lowest BCUT2D eigenvalue weighted by Gasteiger charge is -2.13. The number of aromatic hydroxyl groups is 1. The summed E-state index contributed by atoms with van der Waals surface area (Å²) in [6.07, 6.45) is 0. The van der Waals surface area contributed by atoms with Crippen molar-refractivity contribution in [2.75, 3.05) is 25.6 Å². The quantitative estimate of drug-likeness (QED) is 0.347. The summed E-state index contributed by atoms with van der Waals surface area (Å²) in [6, 6.07) is 20.3. The summed E-state index contributed by atoms with van der Waals surface area (Å²) in [7, 11) is 3.96. The van der Waals surface area contributed by atoms with Gasteiger partial charge >= 0.3 is 0 Å². The van der Waals surface area contributed by atoms with Crippen molar-refractivity contribution in [2.24, 2.45) is 10.2 Å². The number of phenols is 1. The van der Waals surface area contributed by atoms with Gasteiger partial charge in [-0.15, -0.1) is 10.2 Å². The molecule has 0 atom stereocenters. The molecule has 1 aromatic heterocycles. The van der Waals surface area contributed by atoms with Crippen LogP contribution in [0.3, 0.4) is 0 Å². The Kier molecular flexibility index (Phi) is 6.49. The maximum Gasteiger partial charge on any atom is 0.299 e. The molecule has 174 valence electrons. The predicted octanol–water partition coefficient (Wildman–Crippen LogP) is 5.73. The number of anilines is 1. The molecule has 0 fully saturated rings. The third kappa shape index (κ3) is 4.71. The van der Waals surface area contributed by atoms with E-state index < -0.39 is 0 Å². The standard InChI is InChI=1S/C26H27N5O3/c1-5-34-24-9-7-6-8-23(24)27-28-25-17(2)29-31(26(25)33)21-14-19(15-22(32)16-21)18-10-12-20(13-11-18)30(3)4/h6-16,29,32H,5H2,1-4H3. The van der Waals surface area contributed by atoms with Crippen molar-refractivity contribution in [3.8, 4) is 28.3 Å². The molecule has 8 heteroatoms. The van der Waals surface area contributed by atoms with Crippen LogP contribution >= 0.6 is 0 Å². The molecule has 8 nitrogen and oxygen atoms in total. The zero-order chi connectivity index (χ0) is 24.2. The van der Waals surface area contributed by atoms with E-state index in [1.165, 1.54) is 10.7 Å². The summed E-state index contributed by atoms with van der Waals surface area (Å²) in [5, 5.41) is 21.9. The van der Waals surface area contributed by atoms with Crippen molar-refractivity contribution >= 4 is 17.1 Å². The average Bonchev–Trinajstić information content (AvgIpc) is 3.11. The first-order valence-electron chi connectivity index (χ1n) is 10.9. The lowest BCUT2D eigenvalue weighted by Crippen LogP contribution is -2.14. The van der Waals surface area contributed by atoms with E-state index in [-0.39, 0.29) is 17.0 Å². The minimum Gasteiger partial charge on any atom is -0.508 e. The molecule has 0 amide bonds. The highest BCUT2D eigenvalue weighted by Crippen LogP contribution is 2.30. The fourth-order valence-corrected chi connectivity index (χ4v) is 3.60. The third-order valence-electron chi connectivity index (χ3n) is 5.34. The number of H-pyrrole nitrogens is 1. The number of azo groups is 1. The van der Waals surface area contributed by atoms with Crippen LogP contribution in [0, 0.1) is 6.92 Å². The Labute approximate surface area is 197 Å². The van der Waals surface area contributed by atoms with E-state index in [9.17, 15) is 9.90 Å². The highest BCUT2D eigenvalue weighted by Gasteiger charge is 2.14. The van der Waals surface area contributed by atoms with Crippen molar-refractivity contribution in [1.82, 2.24) is 9.78 Å². The molecule has 4 rings (SSSR count). The first-order valence-corrected chi connectivity index (χ1v) is 10.9. The van der Waals surface area contributed by atoms with E-state index in [0.29, 0.717) is 29.4 Å². The monoisotopic (exact) mass is 457 g/mol. The van der Waals surface area contributed by atoms with E-state index in [4.69, 9.17) is 4.74 Å². The lowest BCUT2D eigenvalue weighted by molar-refractivity contribution is 0.341. The highest BCUT2D eigenvalue weighted by molar-refractivity contribution is 5.70. The van der Waals surface area contributed by atoms with Gasteiger partial charge in [0.05, 0.1) is 18.0 Å². The molecule has 0 aliphatic carbocycles. The predicted molar refractivity (Wildman–Crippen MR) is 134 cm³/mol. The Morgan fingerprint density at radius 1 is 1.00 bits per heavy atom. The van der Waals surface area contributed by atoms with Crippen LogP contribution in [0.4, 0.5) is 17.1 Å². The third-order valence-corrected chi connectivity index (χ3v) is 5.34. The molecule has 0 saturated carbocycles. The number of aromatic amines is 1. The molecule has 0 unspecified atom stereocenters. The Morgan fingerprint density at radius 2 is 1.74 bits per heavy atom. The van der Waals surface area contributed by atoms with Crippen LogP contribution in [0.25, 0.3) is 16.8 Å². The van der Waals surface area contributed by atoms with Gasteiger partial charge in [-0.25, -0.2) is 4.68 Å². The average molecular weight is 458 g/mol. The molecular weight excluding hydrogens is 430 g/mol. The molecular formula is C26H27N5O3. The summed E-state index contributed by atoms with van der Waals surface area (Å²) in [5.74, 6) is 0.650. The number of hydrogen-bond acceptors (Lipinski definition) is 6. The Hall–Kier alpha value is -4.33. The van der Waals surface area contributed by atoms with E-state index in [2.05, 4.69) is 15.3 Å². The van der Waals surface area contributed by atoms with Crippen molar-refractivity contribution < 1.29 is 9.84 Å². The van der Waals surface area contributed by atoms with Crippen LogP contribution < -0.4 is 15.2 Å². The van der Waals surface area contributed by atoms with Crippen LogP contribution in [0.1, 0.15) is 12.6 Å². The molecule has 0 aliphatic heterocycles. The zero-order valence-electron chi connectivity index (χ0n) is 19.6. The van der Waals surface area contributed by atoms with Crippen LogP contribution in [-0.4, -0.2) is 35.6 Å². The largest absolute Gasteiger partial charge is 0.508 e. The van der Waals surface area contributed by atoms with Crippen LogP contribution in [0.5, 0.6) is 11.5 Å². The molecule has 3 aromatic carbocycles. The number of rotatable bonds is 7. The summed E-state index contributed by atoms with van der Waals surface area (Å²) in [5.41, 5.74) is 4.19. The number of aromatic nitrogens is 2. The van der Waals surface area contributed by atoms with Gasteiger partial charge in [-0.05, 0) is 61.4 Å². The summed E-state index contributed by atoms with van der Waals surface area (Å²) >= 11 is 0. The second-order valence-corrected chi connectivity index (χ2v) is 8.01. The summed E-state index contributed by atoms with van der Waals surface area (Å²) in [4.78, 5) is 15.2. The lowest BCUT2D eigenvalue weighted by atomic mass is 10.0. The molecule has 0 radical (unpaired) electrons.